The third-order valence-electron chi connectivity index (χ3n) is 4.86. The van der Waals surface area contributed by atoms with Crippen LogP contribution in [0.3, 0.4) is 0 Å². The van der Waals surface area contributed by atoms with Crippen LogP contribution in [-0.4, -0.2) is 59.7 Å². The number of thiophene rings is 1. The minimum absolute atomic E-state index is 0.0147. The Morgan fingerprint density at radius 2 is 1.57 bits per heavy atom. The van der Waals surface area contributed by atoms with Gasteiger partial charge in [0.1, 0.15) is 6.04 Å². The number of nitrogens with zero attached hydrogens (tertiary/aromatic N) is 2. The van der Waals surface area contributed by atoms with E-state index in [0.29, 0.717) is 36.6 Å². The summed E-state index contributed by atoms with van der Waals surface area (Å²) in [6.07, 6.45) is 0. The molecular formula is C21H25N3O3S. The molecule has 2 aromatic rings. The van der Waals surface area contributed by atoms with Gasteiger partial charge in [-0.2, -0.15) is 0 Å². The van der Waals surface area contributed by atoms with Crippen LogP contribution in [0.2, 0.25) is 0 Å². The predicted octanol–water partition coefficient (Wildman–Crippen LogP) is 2.49. The molecule has 28 heavy (non-hydrogen) atoms. The van der Waals surface area contributed by atoms with Crippen LogP contribution in [0.5, 0.6) is 0 Å². The Balaban J connectivity index is 1.59. The molecule has 7 heteroatoms. The summed E-state index contributed by atoms with van der Waals surface area (Å²) in [5.41, 5.74) is 0.658. The van der Waals surface area contributed by atoms with Gasteiger partial charge in [0.15, 0.2) is 0 Å². The molecule has 1 saturated heterocycles. The minimum Gasteiger partial charge on any atom is -0.339 e. The van der Waals surface area contributed by atoms with Crippen molar-refractivity contribution in [1.82, 2.24) is 15.1 Å². The summed E-state index contributed by atoms with van der Waals surface area (Å²) in [6.45, 7) is 5.76. The average molecular weight is 400 g/mol. The molecular weight excluding hydrogens is 374 g/mol. The normalized spacial score (nSPS) is 15.4. The molecule has 3 rings (SSSR count). The average Bonchev–Trinajstić information content (AvgIpc) is 3.26. The summed E-state index contributed by atoms with van der Waals surface area (Å²) >= 11 is 1.35. The molecule has 0 aliphatic carbocycles. The fraction of sp³-hybridized carbons (Fsp3) is 0.381. The quantitative estimate of drug-likeness (QED) is 0.840. The van der Waals surface area contributed by atoms with Gasteiger partial charge < -0.3 is 15.1 Å². The number of carbonyl (C=O) groups excluding carboxylic acids is 3. The maximum Gasteiger partial charge on any atom is 0.262 e. The van der Waals surface area contributed by atoms with Gasteiger partial charge in [-0.15, -0.1) is 11.3 Å². The van der Waals surface area contributed by atoms with Gasteiger partial charge in [-0.3, -0.25) is 14.4 Å². The van der Waals surface area contributed by atoms with Crippen LogP contribution in [0.15, 0.2) is 47.8 Å². The summed E-state index contributed by atoms with van der Waals surface area (Å²) in [7, 11) is 0. The lowest BCUT2D eigenvalue weighted by Gasteiger charge is -2.37. The van der Waals surface area contributed by atoms with E-state index in [2.05, 4.69) is 5.32 Å². The molecule has 0 spiro atoms. The van der Waals surface area contributed by atoms with Crippen LogP contribution < -0.4 is 5.32 Å². The van der Waals surface area contributed by atoms with Crippen molar-refractivity contribution >= 4 is 29.1 Å². The lowest BCUT2D eigenvalue weighted by Crippen LogP contribution is -2.57. The summed E-state index contributed by atoms with van der Waals surface area (Å²) in [6, 6.07) is 12.1. The maximum absolute atomic E-state index is 13.0. The fourth-order valence-corrected chi connectivity index (χ4v) is 3.85. The largest absolute Gasteiger partial charge is 0.339 e. The monoisotopic (exact) mass is 399 g/mol. The Labute approximate surface area is 169 Å². The van der Waals surface area contributed by atoms with Gasteiger partial charge in [0.25, 0.3) is 11.8 Å². The maximum atomic E-state index is 13.0. The molecule has 6 nitrogen and oxygen atoms in total. The number of benzene rings is 1. The SMILES string of the molecule is CC(C)C(NC(=O)c1cccs1)C(=O)N1CCN(C(=O)c2ccccc2)CC1. The number of nitrogens with one attached hydrogen (secondary N) is 1. The van der Waals surface area contributed by atoms with E-state index in [1.165, 1.54) is 11.3 Å². The highest BCUT2D eigenvalue weighted by atomic mass is 32.1. The number of amides is 3. The third kappa shape index (κ3) is 4.59. The summed E-state index contributed by atoms with van der Waals surface area (Å²) in [4.78, 5) is 42.1. The topological polar surface area (TPSA) is 69.7 Å². The number of hydrogen-bond acceptors (Lipinski definition) is 4. The minimum atomic E-state index is -0.578. The van der Waals surface area contributed by atoms with Crippen molar-refractivity contribution < 1.29 is 14.4 Å². The zero-order valence-corrected chi connectivity index (χ0v) is 16.9. The van der Waals surface area contributed by atoms with E-state index in [1.54, 1.807) is 28.0 Å². The van der Waals surface area contributed by atoms with Crippen molar-refractivity contribution in [3.05, 3.63) is 58.3 Å². The molecule has 2 heterocycles. The molecule has 3 amide bonds. The van der Waals surface area contributed by atoms with E-state index in [4.69, 9.17) is 0 Å². The fourth-order valence-electron chi connectivity index (χ4n) is 3.22. The van der Waals surface area contributed by atoms with Gasteiger partial charge >= 0.3 is 0 Å². The molecule has 148 valence electrons. The van der Waals surface area contributed by atoms with Crippen molar-refractivity contribution in [2.45, 2.75) is 19.9 Å². The molecule has 1 unspecified atom stereocenters. The second kappa shape index (κ2) is 9.01. The summed E-state index contributed by atoms with van der Waals surface area (Å²) in [5.74, 6) is -0.355. The van der Waals surface area contributed by atoms with Crippen LogP contribution in [0.1, 0.15) is 33.9 Å². The van der Waals surface area contributed by atoms with Crippen molar-refractivity contribution in [1.29, 1.82) is 0 Å². The van der Waals surface area contributed by atoms with E-state index >= 15 is 0 Å². The molecule has 0 bridgehead atoms. The molecule has 1 aromatic carbocycles. The first-order valence-corrected chi connectivity index (χ1v) is 10.3. The van der Waals surface area contributed by atoms with E-state index in [0.717, 1.165) is 0 Å². The molecule has 1 aromatic heterocycles. The second-order valence-corrected chi connectivity index (χ2v) is 8.10. The van der Waals surface area contributed by atoms with Crippen LogP contribution in [0, 0.1) is 5.92 Å². The Bertz CT molecular complexity index is 813. The van der Waals surface area contributed by atoms with Gasteiger partial charge in [-0.05, 0) is 29.5 Å². The highest BCUT2D eigenvalue weighted by Gasteiger charge is 2.32. The smallest absolute Gasteiger partial charge is 0.262 e. The number of piperazine rings is 1. The van der Waals surface area contributed by atoms with E-state index in [1.807, 2.05) is 43.5 Å². The highest BCUT2D eigenvalue weighted by molar-refractivity contribution is 7.12. The van der Waals surface area contributed by atoms with Gasteiger partial charge in [0.05, 0.1) is 4.88 Å². The highest BCUT2D eigenvalue weighted by Crippen LogP contribution is 2.14. The molecule has 1 atom stereocenters. The first-order valence-electron chi connectivity index (χ1n) is 9.45. The number of rotatable bonds is 5. The number of carbonyl (C=O) groups is 3. The van der Waals surface area contributed by atoms with Crippen molar-refractivity contribution in [2.24, 2.45) is 5.92 Å². The molecule has 1 aliphatic rings. The lowest BCUT2D eigenvalue weighted by atomic mass is 10.0. The lowest BCUT2D eigenvalue weighted by molar-refractivity contribution is -0.135. The zero-order chi connectivity index (χ0) is 20.1. The number of hydrogen-bond donors (Lipinski definition) is 1. The van der Waals surface area contributed by atoms with Crippen LogP contribution in [-0.2, 0) is 4.79 Å². The van der Waals surface area contributed by atoms with Crippen LogP contribution in [0.4, 0.5) is 0 Å². The van der Waals surface area contributed by atoms with E-state index in [9.17, 15) is 14.4 Å². The van der Waals surface area contributed by atoms with Gasteiger partial charge in [-0.1, -0.05) is 38.1 Å². The standard InChI is InChI=1S/C21H25N3O3S/c1-15(2)18(22-19(25)17-9-6-14-28-17)21(27)24-12-10-23(11-13-24)20(26)16-7-4-3-5-8-16/h3-9,14-15,18H,10-13H2,1-2H3,(H,22,25). The first kappa shape index (κ1) is 20.1. The van der Waals surface area contributed by atoms with Gasteiger partial charge in [0.2, 0.25) is 5.91 Å². The molecule has 1 fully saturated rings. The summed E-state index contributed by atoms with van der Waals surface area (Å²) < 4.78 is 0. The second-order valence-electron chi connectivity index (χ2n) is 7.16. The predicted molar refractivity (Wildman–Crippen MR) is 109 cm³/mol. The first-order chi connectivity index (χ1) is 13.5. The Kier molecular flexibility index (Phi) is 6.46. The van der Waals surface area contributed by atoms with Crippen molar-refractivity contribution in [3.8, 4) is 0 Å². The Morgan fingerprint density at radius 3 is 2.14 bits per heavy atom. The van der Waals surface area contributed by atoms with Crippen molar-refractivity contribution in [3.63, 3.8) is 0 Å². The Hall–Kier alpha value is -2.67. The molecule has 1 N–H and O–H groups in total. The van der Waals surface area contributed by atoms with Crippen molar-refractivity contribution in [2.75, 3.05) is 26.2 Å². The molecule has 1 aliphatic heterocycles. The van der Waals surface area contributed by atoms with E-state index in [-0.39, 0.29) is 23.6 Å². The zero-order valence-electron chi connectivity index (χ0n) is 16.1. The van der Waals surface area contributed by atoms with Gasteiger partial charge in [0, 0.05) is 31.7 Å². The molecule has 0 radical (unpaired) electrons. The van der Waals surface area contributed by atoms with Crippen LogP contribution >= 0.6 is 11.3 Å². The third-order valence-corrected chi connectivity index (χ3v) is 5.73. The van der Waals surface area contributed by atoms with Crippen LogP contribution in [0.25, 0.3) is 0 Å². The Morgan fingerprint density at radius 1 is 0.929 bits per heavy atom. The van der Waals surface area contributed by atoms with E-state index < -0.39 is 6.04 Å². The molecule has 0 saturated carbocycles. The summed E-state index contributed by atoms with van der Waals surface area (Å²) in [5, 5.41) is 4.71. The van der Waals surface area contributed by atoms with Gasteiger partial charge in [-0.25, -0.2) is 0 Å².